The van der Waals surface area contributed by atoms with Gasteiger partial charge in [-0.2, -0.15) is 0 Å². The molecule has 1 unspecified atom stereocenters. The van der Waals surface area contributed by atoms with Crippen molar-refractivity contribution in [1.29, 1.82) is 0 Å². The van der Waals surface area contributed by atoms with Gasteiger partial charge in [-0.05, 0) is 30.5 Å². The van der Waals surface area contributed by atoms with Crippen molar-refractivity contribution in [2.75, 3.05) is 40.5 Å². The Morgan fingerprint density at radius 3 is 2.96 bits per heavy atom. The molecule has 132 valence electrons. The molecule has 0 spiro atoms. The quantitative estimate of drug-likeness (QED) is 0.690. The lowest BCUT2D eigenvalue weighted by atomic mass is 10.1. The highest BCUT2D eigenvalue weighted by molar-refractivity contribution is 5.89. The van der Waals surface area contributed by atoms with Crippen LogP contribution in [0.15, 0.2) is 24.3 Å². The topological polar surface area (TPSA) is 67.9 Å². The number of rotatable bonds is 9. The predicted molar refractivity (Wildman–Crippen MR) is 90.9 cm³/mol. The van der Waals surface area contributed by atoms with Crippen LogP contribution >= 0.6 is 0 Å². The molecule has 1 saturated heterocycles. The van der Waals surface area contributed by atoms with Gasteiger partial charge in [0.2, 0.25) is 11.8 Å². The molecule has 1 atom stereocenters. The van der Waals surface area contributed by atoms with Crippen LogP contribution in [0, 0.1) is 5.92 Å². The number of carbonyl (C=O) groups excluding carboxylic acids is 2. The molecular formula is C18H26N2O4. The molecule has 0 bridgehead atoms. The number of nitrogens with zero attached hydrogens (tertiary/aromatic N) is 1. The van der Waals surface area contributed by atoms with Crippen molar-refractivity contribution in [2.24, 2.45) is 5.92 Å². The maximum atomic E-state index is 12.1. The summed E-state index contributed by atoms with van der Waals surface area (Å²) in [4.78, 5) is 26.0. The number of likely N-dealkylation sites (tertiary alicyclic amines) is 1. The molecule has 1 fully saturated rings. The van der Waals surface area contributed by atoms with Crippen molar-refractivity contribution in [1.82, 2.24) is 10.2 Å². The highest BCUT2D eigenvalue weighted by Crippen LogP contribution is 2.19. The van der Waals surface area contributed by atoms with E-state index >= 15 is 0 Å². The van der Waals surface area contributed by atoms with Crippen LogP contribution in [0.3, 0.4) is 0 Å². The lowest BCUT2D eigenvalue weighted by molar-refractivity contribution is -0.129. The van der Waals surface area contributed by atoms with Crippen LogP contribution in [0.4, 0.5) is 0 Å². The molecule has 2 rings (SSSR count). The van der Waals surface area contributed by atoms with E-state index in [1.165, 1.54) is 0 Å². The Kier molecular flexibility index (Phi) is 7.06. The molecule has 0 radical (unpaired) electrons. The normalized spacial score (nSPS) is 17.2. The third kappa shape index (κ3) is 5.23. The number of methoxy groups -OCH3 is 2. The first-order valence-corrected chi connectivity index (χ1v) is 8.31. The van der Waals surface area contributed by atoms with E-state index in [0.717, 1.165) is 24.2 Å². The smallest absolute Gasteiger partial charge is 0.225 e. The summed E-state index contributed by atoms with van der Waals surface area (Å²) in [5.74, 6) is 0.581. The minimum Gasteiger partial charge on any atom is -0.497 e. The fraction of sp³-hybridized carbons (Fsp3) is 0.556. The van der Waals surface area contributed by atoms with Gasteiger partial charge in [0.15, 0.2) is 0 Å². The Morgan fingerprint density at radius 2 is 2.21 bits per heavy atom. The summed E-state index contributed by atoms with van der Waals surface area (Å²) >= 11 is 0. The van der Waals surface area contributed by atoms with E-state index in [9.17, 15) is 9.59 Å². The summed E-state index contributed by atoms with van der Waals surface area (Å²) in [7, 11) is 3.27. The Morgan fingerprint density at radius 1 is 1.38 bits per heavy atom. The Labute approximate surface area is 143 Å². The maximum Gasteiger partial charge on any atom is 0.225 e. The standard InChI is InChI=1S/C18H26N2O4/c1-23-10-4-8-19-18(22)15-12-17(21)20(13-15)9-7-14-5-3-6-16(11-14)24-2/h3,5-6,11,15H,4,7-10,12-13H2,1-2H3,(H,19,22). The zero-order valence-corrected chi connectivity index (χ0v) is 14.4. The lowest BCUT2D eigenvalue weighted by Gasteiger charge is -2.17. The summed E-state index contributed by atoms with van der Waals surface area (Å²) in [6.07, 6.45) is 1.84. The molecule has 1 aliphatic rings. The molecule has 1 aliphatic heterocycles. The molecule has 1 aromatic rings. The molecule has 6 heteroatoms. The number of carbonyl (C=O) groups is 2. The summed E-state index contributed by atoms with van der Waals surface area (Å²) in [6.45, 7) is 2.33. The van der Waals surface area contributed by atoms with Crippen LogP contribution in [0.2, 0.25) is 0 Å². The van der Waals surface area contributed by atoms with Gasteiger partial charge in [0.1, 0.15) is 5.75 Å². The highest BCUT2D eigenvalue weighted by atomic mass is 16.5. The van der Waals surface area contributed by atoms with E-state index in [-0.39, 0.29) is 17.7 Å². The van der Waals surface area contributed by atoms with Crippen molar-refractivity contribution < 1.29 is 19.1 Å². The zero-order valence-electron chi connectivity index (χ0n) is 14.4. The van der Waals surface area contributed by atoms with Crippen LogP contribution in [0.5, 0.6) is 5.75 Å². The molecule has 0 aliphatic carbocycles. The molecular weight excluding hydrogens is 308 g/mol. The fourth-order valence-corrected chi connectivity index (χ4v) is 2.83. The van der Waals surface area contributed by atoms with E-state index in [0.29, 0.717) is 32.7 Å². The van der Waals surface area contributed by atoms with E-state index < -0.39 is 0 Å². The Hall–Kier alpha value is -2.08. The second-order valence-corrected chi connectivity index (χ2v) is 5.98. The van der Waals surface area contributed by atoms with E-state index in [4.69, 9.17) is 9.47 Å². The predicted octanol–water partition coefficient (Wildman–Crippen LogP) is 1.24. The first kappa shape index (κ1) is 18.3. The fourth-order valence-electron chi connectivity index (χ4n) is 2.83. The number of amides is 2. The molecule has 24 heavy (non-hydrogen) atoms. The van der Waals surface area contributed by atoms with Gasteiger partial charge < -0.3 is 19.7 Å². The second-order valence-electron chi connectivity index (χ2n) is 5.98. The summed E-state index contributed by atoms with van der Waals surface area (Å²) in [5.41, 5.74) is 1.12. The SMILES string of the molecule is COCCCNC(=O)C1CC(=O)N(CCc2cccc(OC)c2)C1. The number of nitrogens with one attached hydrogen (secondary N) is 1. The van der Waals surface area contributed by atoms with Gasteiger partial charge in [-0.1, -0.05) is 12.1 Å². The van der Waals surface area contributed by atoms with Crippen LogP contribution in [-0.2, 0) is 20.7 Å². The van der Waals surface area contributed by atoms with E-state index in [1.807, 2.05) is 24.3 Å². The highest BCUT2D eigenvalue weighted by Gasteiger charge is 2.33. The largest absolute Gasteiger partial charge is 0.497 e. The van der Waals surface area contributed by atoms with Crippen molar-refractivity contribution in [3.8, 4) is 5.75 Å². The van der Waals surface area contributed by atoms with Gasteiger partial charge in [-0.3, -0.25) is 9.59 Å². The monoisotopic (exact) mass is 334 g/mol. The molecule has 6 nitrogen and oxygen atoms in total. The van der Waals surface area contributed by atoms with Gasteiger partial charge >= 0.3 is 0 Å². The van der Waals surface area contributed by atoms with Crippen LogP contribution < -0.4 is 10.1 Å². The van der Waals surface area contributed by atoms with Crippen molar-refractivity contribution in [3.05, 3.63) is 29.8 Å². The molecule has 1 N–H and O–H groups in total. The molecule has 1 heterocycles. The molecule has 0 aromatic heterocycles. The Balaban J connectivity index is 1.78. The third-order valence-corrected chi connectivity index (χ3v) is 4.21. The lowest BCUT2D eigenvalue weighted by Crippen LogP contribution is -2.34. The molecule has 2 amide bonds. The first-order valence-electron chi connectivity index (χ1n) is 8.31. The van der Waals surface area contributed by atoms with Crippen LogP contribution in [-0.4, -0.2) is 57.2 Å². The average Bonchev–Trinajstić information content (AvgIpc) is 2.98. The number of hydrogen-bond acceptors (Lipinski definition) is 4. The summed E-state index contributed by atoms with van der Waals surface area (Å²) in [6, 6.07) is 7.83. The second kappa shape index (κ2) is 9.27. The van der Waals surface area contributed by atoms with Crippen LogP contribution in [0.25, 0.3) is 0 Å². The first-order chi connectivity index (χ1) is 11.6. The number of hydrogen-bond donors (Lipinski definition) is 1. The van der Waals surface area contributed by atoms with Gasteiger partial charge in [0.05, 0.1) is 13.0 Å². The minimum absolute atomic E-state index is 0.0386. The van der Waals surface area contributed by atoms with Crippen molar-refractivity contribution in [3.63, 3.8) is 0 Å². The summed E-state index contributed by atoms with van der Waals surface area (Å²) in [5, 5.41) is 2.88. The number of ether oxygens (including phenoxy) is 2. The van der Waals surface area contributed by atoms with Crippen molar-refractivity contribution in [2.45, 2.75) is 19.3 Å². The van der Waals surface area contributed by atoms with E-state index in [1.54, 1.807) is 19.1 Å². The van der Waals surface area contributed by atoms with E-state index in [2.05, 4.69) is 5.32 Å². The van der Waals surface area contributed by atoms with Gasteiger partial charge in [0.25, 0.3) is 0 Å². The van der Waals surface area contributed by atoms with Crippen molar-refractivity contribution >= 4 is 11.8 Å². The average molecular weight is 334 g/mol. The van der Waals surface area contributed by atoms with Crippen LogP contribution in [0.1, 0.15) is 18.4 Å². The maximum absolute atomic E-state index is 12.1. The van der Waals surface area contributed by atoms with Gasteiger partial charge in [-0.25, -0.2) is 0 Å². The molecule has 1 aromatic carbocycles. The zero-order chi connectivity index (χ0) is 17.4. The minimum atomic E-state index is -0.245. The molecule has 0 saturated carbocycles. The third-order valence-electron chi connectivity index (χ3n) is 4.21. The summed E-state index contributed by atoms with van der Waals surface area (Å²) < 4.78 is 10.2. The van der Waals surface area contributed by atoms with Gasteiger partial charge in [-0.15, -0.1) is 0 Å². The van der Waals surface area contributed by atoms with Gasteiger partial charge in [0, 0.05) is 39.8 Å². The Bertz CT molecular complexity index is 562. The number of benzene rings is 1.